The van der Waals surface area contributed by atoms with E-state index in [0.717, 1.165) is 16.6 Å². The number of hydrogen-bond acceptors (Lipinski definition) is 2. The molecule has 1 unspecified atom stereocenters. The molecule has 0 aliphatic rings. The van der Waals surface area contributed by atoms with Crippen LogP contribution in [0.2, 0.25) is 0 Å². The van der Waals surface area contributed by atoms with Gasteiger partial charge in [-0.05, 0) is 30.2 Å². The maximum Gasteiger partial charge on any atom is 0.0733 e. The summed E-state index contributed by atoms with van der Waals surface area (Å²) in [5, 5.41) is 3.62. The monoisotopic (exact) mass is 333 g/mol. The minimum Gasteiger partial charge on any atom is -0.380 e. The lowest BCUT2D eigenvalue weighted by molar-refractivity contribution is 0.185. The Morgan fingerprint density at radius 2 is 1.80 bits per heavy atom. The Hall–Kier alpha value is -1.32. The van der Waals surface area contributed by atoms with Crippen LogP contribution in [-0.4, -0.2) is 7.11 Å². The van der Waals surface area contributed by atoms with Crippen LogP contribution in [0.5, 0.6) is 0 Å². The Kier molecular flexibility index (Phi) is 5.62. The van der Waals surface area contributed by atoms with Gasteiger partial charge in [0, 0.05) is 22.8 Å². The van der Waals surface area contributed by atoms with Gasteiger partial charge >= 0.3 is 0 Å². The molecule has 2 aromatic carbocycles. The van der Waals surface area contributed by atoms with Crippen molar-refractivity contribution in [3.8, 4) is 0 Å². The third-order valence-corrected chi connectivity index (χ3v) is 3.86. The zero-order chi connectivity index (χ0) is 14.4. The summed E-state index contributed by atoms with van der Waals surface area (Å²) < 4.78 is 6.37. The molecule has 1 N–H and O–H groups in total. The molecule has 0 radical (unpaired) electrons. The Bertz CT molecular complexity index is 539. The van der Waals surface area contributed by atoms with Crippen molar-refractivity contribution in [2.75, 3.05) is 12.4 Å². The van der Waals surface area contributed by atoms with Crippen molar-refractivity contribution in [3.05, 3.63) is 64.1 Å². The molecule has 3 heteroatoms. The second kappa shape index (κ2) is 7.46. The third-order valence-electron chi connectivity index (χ3n) is 3.33. The number of anilines is 1. The fraction of sp³-hybridized carbons (Fsp3) is 0.294. The second-order valence-electron chi connectivity index (χ2n) is 4.75. The number of nitrogens with one attached hydrogen (secondary N) is 1. The van der Waals surface area contributed by atoms with E-state index in [4.69, 9.17) is 4.74 Å². The van der Waals surface area contributed by atoms with Crippen LogP contribution in [-0.2, 0) is 11.3 Å². The summed E-state index contributed by atoms with van der Waals surface area (Å²) >= 11 is 3.48. The molecule has 0 saturated heterocycles. The summed E-state index contributed by atoms with van der Waals surface area (Å²) in [5.41, 5.74) is 3.62. The fourth-order valence-corrected chi connectivity index (χ4v) is 2.51. The number of methoxy groups -OCH3 is 1. The fourth-order valence-electron chi connectivity index (χ4n) is 2.25. The number of halogens is 1. The Balaban J connectivity index is 2.20. The smallest absolute Gasteiger partial charge is 0.0733 e. The predicted molar refractivity (Wildman–Crippen MR) is 88.0 cm³/mol. The normalized spacial score (nSPS) is 12.2. The quantitative estimate of drug-likeness (QED) is 0.788. The summed E-state index contributed by atoms with van der Waals surface area (Å²) in [5.74, 6) is 0. The maximum absolute atomic E-state index is 5.26. The first-order valence-corrected chi connectivity index (χ1v) is 7.62. The lowest BCUT2D eigenvalue weighted by Crippen LogP contribution is -2.11. The number of benzene rings is 2. The molecule has 0 aromatic heterocycles. The van der Waals surface area contributed by atoms with Gasteiger partial charge in [-0.25, -0.2) is 0 Å². The molecule has 0 heterocycles. The summed E-state index contributed by atoms with van der Waals surface area (Å²) in [6.45, 7) is 2.82. The zero-order valence-corrected chi connectivity index (χ0v) is 13.5. The Morgan fingerprint density at radius 1 is 1.10 bits per heavy atom. The van der Waals surface area contributed by atoms with Crippen molar-refractivity contribution >= 4 is 21.6 Å². The Labute approximate surface area is 129 Å². The van der Waals surface area contributed by atoms with Gasteiger partial charge in [0.05, 0.1) is 12.6 Å². The van der Waals surface area contributed by atoms with E-state index in [0.29, 0.717) is 12.6 Å². The van der Waals surface area contributed by atoms with Crippen molar-refractivity contribution in [1.29, 1.82) is 0 Å². The second-order valence-corrected chi connectivity index (χ2v) is 5.66. The first-order chi connectivity index (χ1) is 9.74. The van der Waals surface area contributed by atoms with E-state index >= 15 is 0 Å². The standard InChI is InChI=1S/C17H20BrNO/c1-3-16(13-8-10-15(18)11-9-13)19-17-7-5-4-6-14(17)12-20-2/h4-11,16,19H,3,12H2,1-2H3. The van der Waals surface area contributed by atoms with Gasteiger partial charge in [0.1, 0.15) is 0 Å². The highest BCUT2D eigenvalue weighted by molar-refractivity contribution is 9.10. The summed E-state index contributed by atoms with van der Waals surface area (Å²) in [7, 11) is 1.73. The molecule has 0 bridgehead atoms. The number of hydrogen-bond donors (Lipinski definition) is 1. The van der Waals surface area contributed by atoms with Gasteiger partial charge in [-0.3, -0.25) is 0 Å². The molecule has 0 amide bonds. The van der Waals surface area contributed by atoms with Crippen molar-refractivity contribution in [2.24, 2.45) is 0 Å². The van der Waals surface area contributed by atoms with Crippen LogP contribution in [0.4, 0.5) is 5.69 Å². The van der Waals surface area contributed by atoms with E-state index in [1.807, 2.05) is 6.07 Å². The van der Waals surface area contributed by atoms with Crippen LogP contribution >= 0.6 is 15.9 Å². The van der Waals surface area contributed by atoms with Gasteiger partial charge in [-0.1, -0.05) is 53.2 Å². The summed E-state index contributed by atoms with van der Waals surface area (Å²) in [6, 6.07) is 17.1. The van der Waals surface area contributed by atoms with Crippen molar-refractivity contribution < 1.29 is 4.74 Å². The van der Waals surface area contributed by atoms with Crippen molar-refractivity contribution in [2.45, 2.75) is 26.0 Å². The zero-order valence-electron chi connectivity index (χ0n) is 11.9. The highest BCUT2D eigenvalue weighted by atomic mass is 79.9. The highest BCUT2D eigenvalue weighted by Gasteiger charge is 2.11. The Morgan fingerprint density at radius 3 is 2.45 bits per heavy atom. The van der Waals surface area contributed by atoms with E-state index in [1.54, 1.807) is 7.11 Å². The molecule has 106 valence electrons. The van der Waals surface area contributed by atoms with Crippen LogP contribution in [0.25, 0.3) is 0 Å². The van der Waals surface area contributed by atoms with Gasteiger partial charge in [-0.15, -0.1) is 0 Å². The summed E-state index contributed by atoms with van der Waals surface area (Å²) in [6.07, 6.45) is 1.03. The van der Waals surface area contributed by atoms with Gasteiger partial charge in [-0.2, -0.15) is 0 Å². The molecule has 0 aliphatic heterocycles. The van der Waals surface area contributed by atoms with E-state index in [2.05, 4.69) is 70.6 Å². The minimum absolute atomic E-state index is 0.307. The molecule has 20 heavy (non-hydrogen) atoms. The van der Waals surface area contributed by atoms with Crippen molar-refractivity contribution in [1.82, 2.24) is 0 Å². The average Bonchev–Trinajstić information content (AvgIpc) is 2.48. The van der Waals surface area contributed by atoms with Gasteiger partial charge in [0.25, 0.3) is 0 Å². The molecule has 2 rings (SSSR count). The van der Waals surface area contributed by atoms with Crippen LogP contribution in [0.1, 0.15) is 30.5 Å². The molecular weight excluding hydrogens is 314 g/mol. The van der Waals surface area contributed by atoms with E-state index < -0.39 is 0 Å². The van der Waals surface area contributed by atoms with Crippen molar-refractivity contribution in [3.63, 3.8) is 0 Å². The molecule has 0 saturated carbocycles. The molecule has 2 nitrogen and oxygen atoms in total. The van der Waals surface area contributed by atoms with Crippen LogP contribution in [0, 0.1) is 0 Å². The molecule has 2 aromatic rings. The third kappa shape index (κ3) is 3.84. The van der Waals surface area contributed by atoms with Gasteiger partial charge in [0.15, 0.2) is 0 Å². The van der Waals surface area contributed by atoms with Gasteiger partial charge in [0.2, 0.25) is 0 Å². The van der Waals surface area contributed by atoms with Crippen LogP contribution < -0.4 is 5.32 Å². The molecular formula is C17H20BrNO. The number of rotatable bonds is 6. The maximum atomic E-state index is 5.26. The van der Waals surface area contributed by atoms with E-state index in [1.165, 1.54) is 11.1 Å². The molecule has 0 spiro atoms. The lowest BCUT2D eigenvalue weighted by atomic mass is 10.0. The minimum atomic E-state index is 0.307. The first-order valence-electron chi connectivity index (χ1n) is 6.83. The SMILES string of the molecule is CCC(Nc1ccccc1COC)c1ccc(Br)cc1. The predicted octanol–water partition coefficient (Wildman–Crippen LogP) is 5.16. The lowest BCUT2D eigenvalue weighted by Gasteiger charge is -2.21. The molecule has 1 atom stereocenters. The first kappa shape index (κ1) is 15.1. The van der Waals surface area contributed by atoms with Crippen LogP contribution in [0.3, 0.4) is 0 Å². The van der Waals surface area contributed by atoms with E-state index in [-0.39, 0.29) is 0 Å². The average molecular weight is 334 g/mol. The highest BCUT2D eigenvalue weighted by Crippen LogP contribution is 2.26. The molecule has 0 fully saturated rings. The largest absolute Gasteiger partial charge is 0.380 e. The van der Waals surface area contributed by atoms with Gasteiger partial charge < -0.3 is 10.1 Å². The topological polar surface area (TPSA) is 21.3 Å². The number of para-hydroxylation sites is 1. The van der Waals surface area contributed by atoms with E-state index in [9.17, 15) is 0 Å². The number of ether oxygens (including phenoxy) is 1. The van der Waals surface area contributed by atoms with Crippen LogP contribution in [0.15, 0.2) is 53.0 Å². The summed E-state index contributed by atoms with van der Waals surface area (Å²) in [4.78, 5) is 0. The molecule has 0 aliphatic carbocycles.